The predicted octanol–water partition coefficient (Wildman–Crippen LogP) is 1.99. The highest BCUT2D eigenvalue weighted by molar-refractivity contribution is 6.30. The number of amides is 2. The average molecular weight is 304 g/mol. The number of nitrogens with two attached hydrogens (primary N) is 1. The molecule has 108 valence electrons. The van der Waals surface area contributed by atoms with Crippen LogP contribution in [-0.2, 0) is 4.84 Å². The van der Waals surface area contributed by atoms with Crippen LogP contribution in [0.3, 0.4) is 0 Å². The van der Waals surface area contributed by atoms with Gasteiger partial charge in [0.25, 0.3) is 0 Å². The molecule has 0 bridgehead atoms. The van der Waals surface area contributed by atoms with Crippen LogP contribution in [0.25, 0.3) is 0 Å². The van der Waals surface area contributed by atoms with E-state index in [1.165, 1.54) is 0 Å². The van der Waals surface area contributed by atoms with Crippen LogP contribution in [0, 0.1) is 11.8 Å². The summed E-state index contributed by atoms with van der Waals surface area (Å²) < 4.78 is 0. The maximum atomic E-state index is 11.2. The largest absolute Gasteiger partial charge is 0.386 e. The molecule has 0 saturated carbocycles. The normalized spacial score (nSPS) is 23.5. The Kier molecular flexibility index (Phi) is 3.48. The standard InChI is InChI=1S/C15H14ClN3O2/c16-12-3-1-2-11(8-12)4-5-13-9-15(21-18-13)6-7-19(10-15)14(17)20/h1-3,8H,6-7,9-10H2,(H2,17,20). The van der Waals surface area contributed by atoms with Crippen molar-refractivity contribution in [2.45, 2.75) is 18.4 Å². The topological polar surface area (TPSA) is 67.9 Å². The molecule has 6 heteroatoms. The molecule has 0 radical (unpaired) electrons. The van der Waals surface area contributed by atoms with Crippen LogP contribution in [0.2, 0.25) is 5.02 Å². The lowest BCUT2D eigenvalue weighted by atomic mass is 9.97. The molecule has 1 atom stereocenters. The van der Waals surface area contributed by atoms with Gasteiger partial charge < -0.3 is 15.5 Å². The predicted molar refractivity (Wildman–Crippen MR) is 80.0 cm³/mol. The van der Waals surface area contributed by atoms with Gasteiger partial charge in [-0.05, 0) is 24.1 Å². The summed E-state index contributed by atoms with van der Waals surface area (Å²) in [5, 5.41) is 4.68. The molecule has 0 aliphatic carbocycles. The first kappa shape index (κ1) is 13.8. The number of hydrogen-bond acceptors (Lipinski definition) is 3. The molecular weight excluding hydrogens is 290 g/mol. The zero-order valence-corrected chi connectivity index (χ0v) is 12.1. The Bertz CT molecular complexity index is 677. The second kappa shape index (κ2) is 5.30. The number of benzene rings is 1. The van der Waals surface area contributed by atoms with Crippen LogP contribution in [0.15, 0.2) is 29.4 Å². The smallest absolute Gasteiger partial charge is 0.314 e. The number of oxime groups is 1. The van der Waals surface area contributed by atoms with Gasteiger partial charge in [-0.2, -0.15) is 0 Å². The number of nitrogens with zero attached hydrogens (tertiary/aromatic N) is 2. The van der Waals surface area contributed by atoms with Crippen molar-refractivity contribution in [1.29, 1.82) is 0 Å². The molecular formula is C15H14ClN3O2. The number of primary amides is 1. The summed E-state index contributed by atoms with van der Waals surface area (Å²) in [7, 11) is 0. The zero-order valence-electron chi connectivity index (χ0n) is 11.3. The van der Waals surface area contributed by atoms with Crippen LogP contribution >= 0.6 is 11.6 Å². The lowest BCUT2D eigenvalue weighted by Crippen LogP contribution is -2.38. The second-order valence-electron chi connectivity index (χ2n) is 5.26. The van der Waals surface area contributed by atoms with Crippen LogP contribution in [0.1, 0.15) is 18.4 Å². The summed E-state index contributed by atoms with van der Waals surface area (Å²) in [6.07, 6.45) is 1.33. The zero-order chi connectivity index (χ0) is 14.9. The van der Waals surface area contributed by atoms with Crippen molar-refractivity contribution in [2.24, 2.45) is 10.9 Å². The molecule has 1 saturated heterocycles. The molecule has 1 unspecified atom stereocenters. The molecule has 1 spiro atoms. The van der Waals surface area contributed by atoms with Crippen molar-refractivity contribution >= 4 is 23.3 Å². The fraction of sp³-hybridized carbons (Fsp3) is 0.333. The van der Waals surface area contributed by atoms with E-state index in [1.54, 1.807) is 17.0 Å². The van der Waals surface area contributed by atoms with Gasteiger partial charge in [0.05, 0.1) is 6.54 Å². The van der Waals surface area contributed by atoms with Crippen molar-refractivity contribution in [3.8, 4) is 11.8 Å². The fourth-order valence-corrected chi connectivity index (χ4v) is 2.74. The van der Waals surface area contributed by atoms with Gasteiger partial charge in [0.15, 0.2) is 5.60 Å². The van der Waals surface area contributed by atoms with Crippen molar-refractivity contribution < 1.29 is 9.63 Å². The van der Waals surface area contributed by atoms with E-state index in [0.717, 1.165) is 12.0 Å². The van der Waals surface area contributed by atoms with Crippen LogP contribution in [-0.4, -0.2) is 35.3 Å². The van der Waals surface area contributed by atoms with E-state index in [9.17, 15) is 4.79 Å². The third-order valence-corrected chi connectivity index (χ3v) is 3.88. The Hall–Kier alpha value is -2.19. The highest BCUT2D eigenvalue weighted by atomic mass is 35.5. The van der Waals surface area contributed by atoms with Gasteiger partial charge in [-0.1, -0.05) is 28.7 Å². The molecule has 2 aliphatic rings. The molecule has 0 aromatic heterocycles. The van der Waals surface area contributed by atoms with Gasteiger partial charge >= 0.3 is 6.03 Å². The van der Waals surface area contributed by atoms with Gasteiger partial charge in [-0.15, -0.1) is 0 Å². The minimum absolute atomic E-state index is 0.422. The summed E-state index contributed by atoms with van der Waals surface area (Å²) in [6.45, 7) is 1.06. The van der Waals surface area contributed by atoms with Crippen molar-refractivity contribution in [2.75, 3.05) is 13.1 Å². The van der Waals surface area contributed by atoms with E-state index in [4.69, 9.17) is 22.2 Å². The first-order valence-corrected chi connectivity index (χ1v) is 7.01. The molecule has 2 N–H and O–H groups in total. The van der Waals surface area contributed by atoms with Gasteiger partial charge in [-0.3, -0.25) is 0 Å². The second-order valence-corrected chi connectivity index (χ2v) is 5.70. The lowest BCUT2D eigenvalue weighted by Gasteiger charge is -2.20. The van der Waals surface area contributed by atoms with E-state index in [-0.39, 0.29) is 0 Å². The Morgan fingerprint density at radius 1 is 1.48 bits per heavy atom. The van der Waals surface area contributed by atoms with E-state index < -0.39 is 11.6 Å². The quantitative estimate of drug-likeness (QED) is 0.745. The number of rotatable bonds is 0. The number of carbonyl (C=O) groups excluding carboxylic acids is 1. The maximum Gasteiger partial charge on any atom is 0.314 e. The number of likely N-dealkylation sites (tertiary alicyclic amines) is 1. The highest BCUT2D eigenvalue weighted by Gasteiger charge is 2.46. The number of halogens is 1. The van der Waals surface area contributed by atoms with Gasteiger partial charge in [-0.25, -0.2) is 4.79 Å². The average Bonchev–Trinajstić information content (AvgIpc) is 3.05. The van der Waals surface area contributed by atoms with Gasteiger partial charge in [0.1, 0.15) is 5.71 Å². The lowest BCUT2D eigenvalue weighted by molar-refractivity contribution is -0.00742. The molecule has 1 fully saturated rings. The van der Waals surface area contributed by atoms with E-state index >= 15 is 0 Å². The molecule has 21 heavy (non-hydrogen) atoms. The third-order valence-electron chi connectivity index (χ3n) is 3.64. The summed E-state index contributed by atoms with van der Waals surface area (Å²) in [4.78, 5) is 18.3. The first-order chi connectivity index (χ1) is 10.1. The van der Waals surface area contributed by atoms with E-state index in [2.05, 4.69) is 17.0 Å². The molecule has 2 heterocycles. The third kappa shape index (κ3) is 2.96. The molecule has 2 amide bonds. The monoisotopic (exact) mass is 303 g/mol. The molecule has 1 aromatic rings. The summed E-state index contributed by atoms with van der Waals surface area (Å²) in [5.74, 6) is 6.02. The highest BCUT2D eigenvalue weighted by Crippen LogP contribution is 2.33. The minimum Gasteiger partial charge on any atom is -0.386 e. The molecule has 2 aliphatic heterocycles. The van der Waals surface area contributed by atoms with E-state index in [1.807, 2.05) is 12.1 Å². The van der Waals surface area contributed by atoms with Crippen LogP contribution < -0.4 is 5.73 Å². The first-order valence-electron chi connectivity index (χ1n) is 6.63. The van der Waals surface area contributed by atoms with Gasteiger partial charge in [0.2, 0.25) is 0 Å². The summed E-state index contributed by atoms with van der Waals surface area (Å²) in [6, 6.07) is 6.91. The molecule has 5 nitrogen and oxygen atoms in total. The number of hydrogen-bond donors (Lipinski definition) is 1. The number of carbonyl (C=O) groups is 1. The fourth-order valence-electron chi connectivity index (χ4n) is 2.55. The Balaban J connectivity index is 1.67. The van der Waals surface area contributed by atoms with E-state index in [0.29, 0.717) is 30.2 Å². The Morgan fingerprint density at radius 3 is 3.05 bits per heavy atom. The molecule has 1 aromatic carbocycles. The van der Waals surface area contributed by atoms with Crippen LogP contribution in [0.5, 0.6) is 0 Å². The maximum absolute atomic E-state index is 11.2. The number of urea groups is 1. The molecule has 3 rings (SSSR count). The van der Waals surface area contributed by atoms with Crippen molar-refractivity contribution in [1.82, 2.24) is 4.90 Å². The minimum atomic E-state index is -0.451. The summed E-state index contributed by atoms with van der Waals surface area (Å²) in [5.41, 5.74) is 6.35. The SMILES string of the molecule is NC(=O)N1CCC2(CC(C#Cc3cccc(Cl)c3)=NO2)C1. The Labute approximate surface area is 127 Å². The van der Waals surface area contributed by atoms with Gasteiger partial charge in [0, 0.05) is 30.0 Å². The van der Waals surface area contributed by atoms with Crippen LogP contribution in [0.4, 0.5) is 4.79 Å². The van der Waals surface area contributed by atoms with Crippen molar-refractivity contribution in [3.05, 3.63) is 34.9 Å². The van der Waals surface area contributed by atoms with Crippen molar-refractivity contribution in [3.63, 3.8) is 0 Å². The summed E-state index contributed by atoms with van der Waals surface area (Å²) >= 11 is 5.91. The Morgan fingerprint density at radius 2 is 2.33 bits per heavy atom.